The van der Waals surface area contributed by atoms with Gasteiger partial charge < -0.3 is 9.84 Å². The molecule has 0 fully saturated rings. The van der Waals surface area contributed by atoms with Gasteiger partial charge in [-0.1, -0.05) is 17.7 Å². The van der Waals surface area contributed by atoms with Gasteiger partial charge in [-0.3, -0.25) is 11.3 Å². The van der Waals surface area contributed by atoms with E-state index >= 15 is 0 Å². The number of hydrogen-bond acceptors (Lipinski definition) is 4. The van der Waals surface area contributed by atoms with Crippen LogP contribution in [0.4, 0.5) is 0 Å². The maximum Gasteiger partial charge on any atom is 0.137 e. The predicted octanol–water partition coefficient (Wildman–Crippen LogP) is 1.02. The molecule has 0 saturated heterocycles. The zero-order valence-electron chi connectivity index (χ0n) is 8.75. The molecule has 1 rings (SSSR count). The fourth-order valence-electron chi connectivity index (χ4n) is 1.30. The van der Waals surface area contributed by atoms with E-state index in [4.69, 9.17) is 22.2 Å². The average Bonchev–Trinajstić information content (AvgIpc) is 2.17. The van der Waals surface area contributed by atoms with Gasteiger partial charge in [0, 0.05) is 6.54 Å². The highest BCUT2D eigenvalue weighted by molar-refractivity contribution is 6.32. The fourth-order valence-corrected chi connectivity index (χ4v) is 1.56. The molecule has 1 aromatic rings. The van der Waals surface area contributed by atoms with Crippen molar-refractivity contribution in [1.82, 2.24) is 5.43 Å². The third-order valence-corrected chi connectivity index (χ3v) is 2.52. The molecule has 0 saturated carbocycles. The third kappa shape index (κ3) is 2.82. The number of ether oxygens (including phenoxy) is 1. The average molecular weight is 231 g/mol. The van der Waals surface area contributed by atoms with Gasteiger partial charge in [-0.15, -0.1) is 0 Å². The molecule has 0 aliphatic carbocycles. The minimum absolute atomic E-state index is 0.246. The zero-order valence-corrected chi connectivity index (χ0v) is 9.51. The van der Waals surface area contributed by atoms with Crippen LogP contribution in [-0.4, -0.2) is 18.8 Å². The molecular formula is C10H15ClN2O2. The van der Waals surface area contributed by atoms with Gasteiger partial charge in [0.25, 0.3) is 0 Å². The van der Waals surface area contributed by atoms with Crippen LogP contribution >= 0.6 is 11.6 Å². The molecule has 0 radical (unpaired) electrons. The SMILES string of the molecule is COc1ccc(C(C)(O)CNN)cc1Cl. The highest BCUT2D eigenvalue weighted by atomic mass is 35.5. The van der Waals surface area contributed by atoms with Gasteiger partial charge in [-0.05, 0) is 24.6 Å². The lowest BCUT2D eigenvalue weighted by Gasteiger charge is -2.23. The fraction of sp³-hybridized carbons (Fsp3) is 0.400. The third-order valence-electron chi connectivity index (χ3n) is 2.22. The second-order valence-corrected chi connectivity index (χ2v) is 3.91. The minimum atomic E-state index is -1.05. The first kappa shape index (κ1) is 12.3. The van der Waals surface area contributed by atoms with Crippen molar-refractivity contribution in [2.24, 2.45) is 5.84 Å². The molecule has 1 aromatic carbocycles. The summed E-state index contributed by atoms with van der Waals surface area (Å²) >= 11 is 5.95. The van der Waals surface area contributed by atoms with Crippen molar-refractivity contribution >= 4 is 11.6 Å². The van der Waals surface area contributed by atoms with E-state index in [1.807, 2.05) is 0 Å². The Bertz CT molecular complexity index is 342. The van der Waals surface area contributed by atoms with Gasteiger partial charge in [0.05, 0.1) is 12.1 Å². The van der Waals surface area contributed by atoms with Crippen molar-refractivity contribution in [3.8, 4) is 5.75 Å². The van der Waals surface area contributed by atoms with Crippen molar-refractivity contribution in [3.05, 3.63) is 28.8 Å². The van der Waals surface area contributed by atoms with Crippen molar-refractivity contribution in [3.63, 3.8) is 0 Å². The van der Waals surface area contributed by atoms with Crippen molar-refractivity contribution in [2.45, 2.75) is 12.5 Å². The Morgan fingerprint density at radius 3 is 2.73 bits per heavy atom. The summed E-state index contributed by atoms with van der Waals surface area (Å²) in [5.74, 6) is 5.76. The summed E-state index contributed by atoms with van der Waals surface area (Å²) < 4.78 is 5.02. The van der Waals surface area contributed by atoms with Gasteiger partial charge in [-0.25, -0.2) is 0 Å². The molecule has 1 unspecified atom stereocenters. The van der Waals surface area contributed by atoms with E-state index in [2.05, 4.69) is 5.43 Å². The number of hydrazine groups is 1. The molecule has 4 N–H and O–H groups in total. The van der Waals surface area contributed by atoms with Gasteiger partial charge >= 0.3 is 0 Å². The lowest BCUT2D eigenvalue weighted by molar-refractivity contribution is 0.0572. The number of halogens is 1. The number of aliphatic hydroxyl groups is 1. The lowest BCUT2D eigenvalue weighted by Crippen LogP contribution is -2.38. The Kier molecular flexibility index (Phi) is 3.93. The number of nitrogens with one attached hydrogen (secondary N) is 1. The number of benzene rings is 1. The molecular weight excluding hydrogens is 216 g/mol. The molecule has 0 aliphatic rings. The van der Waals surface area contributed by atoms with E-state index in [1.54, 1.807) is 32.2 Å². The van der Waals surface area contributed by atoms with Crippen LogP contribution in [0.5, 0.6) is 5.75 Å². The Morgan fingerprint density at radius 2 is 2.27 bits per heavy atom. The molecule has 0 aromatic heterocycles. The van der Waals surface area contributed by atoms with E-state index in [0.29, 0.717) is 16.3 Å². The van der Waals surface area contributed by atoms with Crippen LogP contribution < -0.4 is 16.0 Å². The molecule has 4 nitrogen and oxygen atoms in total. The van der Waals surface area contributed by atoms with E-state index in [0.717, 1.165) is 0 Å². The molecule has 5 heteroatoms. The predicted molar refractivity (Wildman–Crippen MR) is 59.8 cm³/mol. The lowest BCUT2D eigenvalue weighted by atomic mass is 9.96. The number of rotatable bonds is 4. The largest absolute Gasteiger partial charge is 0.495 e. The van der Waals surface area contributed by atoms with Crippen LogP contribution in [0.2, 0.25) is 5.02 Å². The summed E-state index contributed by atoms with van der Waals surface area (Å²) in [4.78, 5) is 0. The topological polar surface area (TPSA) is 67.5 Å². The summed E-state index contributed by atoms with van der Waals surface area (Å²) in [6.07, 6.45) is 0. The number of nitrogens with two attached hydrogens (primary N) is 1. The second kappa shape index (κ2) is 4.81. The molecule has 0 bridgehead atoms. The summed E-state index contributed by atoms with van der Waals surface area (Å²) in [5.41, 5.74) is 2.07. The van der Waals surface area contributed by atoms with Crippen LogP contribution in [0.3, 0.4) is 0 Å². The van der Waals surface area contributed by atoms with Crippen LogP contribution in [-0.2, 0) is 5.60 Å². The van der Waals surface area contributed by atoms with Crippen LogP contribution in [0.15, 0.2) is 18.2 Å². The van der Waals surface area contributed by atoms with Crippen LogP contribution in [0.1, 0.15) is 12.5 Å². The van der Waals surface area contributed by atoms with Crippen molar-refractivity contribution in [2.75, 3.05) is 13.7 Å². The first-order chi connectivity index (χ1) is 7.01. The normalized spacial score (nSPS) is 14.7. The van der Waals surface area contributed by atoms with E-state index in [9.17, 15) is 5.11 Å². The van der Waals surface area contributed by atoms with Crippen molar-refractivity contribution in [1.29, 1.82) is 0 Å². The Hall–Kier alpha value is -0.810. The number of methoxy groups -OCH3 is 1. The number of hydrogen-bond donors (Lipinski definition) is 3. The van der Waals surface area contributed by atoms with Crippen LogP contribution in [0.25, 0.3) is 0 Å². The van der Waals surface area contributed by atoms with E-state index < -0.39 is 5.60 Å². The molecule has 0 heterocycles. The van der Waals surface area contributed by atoms with Gasteiger partial charge in [0.2, 0.25) is 0 Å². The van der Waals surface area contributed by atoms with Gasteiger partial charge in [0.15, 0.2) is 0 Å². The second-order valence-electron chi connectivity index (χ2n) is 3.50. The molecule has 15 heavy (non-hydrogen) atoms. The summed E-state index contributed by atoms with van der Waals surface area (Å²) in [6, 6.07) is 5.13. The highest BCUT2D eigenvalue weighted by Crippen LogP contribution is 2.29. The summed E-state index contributed by atoms with van der Waals surface area (Å²) in [6.45, 7) is 1.90. The maximum atomic E-state index is 10.0. The quantitative estimate of drug-likeness (QED) is 0.534. The first-order valence-electron chi connectivity index (χ1n) is 4.51. The minimum Gasteiger partial charge on any atom is -0.495 e. The van der Waals surface area contributed by atoms with Crippen molar-refractivity contribution < 1.29 is 9.84 Å². The molecule has 0 amide bonds. The summed E-state index contributed by atoms with van der Waals surface area (Å²) in [5, 5.41) is 10.5. The smallest absolute Gasteiger partial charge is 0.137 e. The monoisotopic (exact) mass is 230 g/mol. The molecule has 84 valence electrons. The highest BCUT2D eigenvalue weighted by Gasteiger charge is 2.23. The van der Waals surface area contributed by atoms with Crippen LogP contribution in [0, 0.1) is 0 Å². The molecule has 1 atom stereocenters. The Morgan fingerprint density at radius 1 is 1.60 bits per heavy atom. The Labute approximate surface area is 94.0 Å². The molecule has 0 spiro atoms. The van der Waals surface area contributed by atoms with E-state index in [-0.39, 0.29) is 6.54 Å². The summed E-state index contributed by atoms with van der Waals surface area (Å²) in [7, 11) is 1.54. The van der Waals surface area contributed by atoms with Gasteiger partial charge in [-0.2, -0.15) is 0 Å². The molecule has 0 aliphatic heterocycles. The Balaban J connectivity index is 3.01. The maximum absolute atomic E-state index is 10.0. The standard InChI is InChI=1S/C10H15ClN2O2/c1-10(14,6-13-12)7-3-4-9(15-2)8(11)5-7/h3-5,13-14H,6,12H2,1-2H3. The van der Waals surface area contributed by atoms with E-state index in [1.165, 1.54) is 0 Å². The first-order valence-corrected chi connectivity index (χ1v) is 4.89. The zero-order chi connectivity index (χ0) is 11.5. The van der Waals surface area contributed by atoms with Gasteiger partial charge in [0.1, 0.15) is 11.4 Å².